The number of alkyl halides is 4. The molecule has 3 aromatic rings. The van der Waals surface area contributed by atoms with Gasteiger partial charge in [0.25, 0.3) is 0 Å². The number of amides is 1. The highest BCUT2D eigenvalue weighted by molar-refractivity contribution is 7.89. The van der Waals surface area contributed by atoms with Gasteiger partial charge in [-0.3, -0.25) is 14.8 Å². The van der Waals surface area contributed by atoms with E-state index in [4.69, 9.17) is 0 Å². The molecule has 1 aliphatic rings. The van der Waals surface area contributed by atoms with Gasteiger partial charge in [-0.1, -0.05) is 0 Å². The van der Waals surface area contributed by atoms with Crippen molar-refractivity contribution in [3.63, 3.8) is 0 Å². The second kappa shape index (κ2) is 10.4. The van der Waals surface area contributed by atoms with Crippen molar-refractivity contribution in [2.75, 3.05) is 6.54 Å². The Morgan fingerprint density at radius 2 is 1.84 bits per heavy atom. The number of rotatable bonds is 6. The zero-order chi connectivity index (χ0) is 27.7. The van der Waals surface area contributed by atoms with Gasteiger partial charge in [-0.05, 0) is 54.4 Å². The molecule has 0 spiro atoms. The zero-order valence-electron chi connectivity index (χ0n) is 19.3. The molecule has 38 heavy (non-hydrogen) atoms. The molecule has 1 aromatic carbocycles. The monoisotopic (exact) mass is 551 g/mol. The van der Waals surface area contributed by atoms with Crippen molar-refractivity contribution in [2.24, 2.45) is 0 Å². The molecule has 198 valence electrons. The van der Waals surface area contributed by atoms with E-state index in [0.29, 0.717) is 4.31 Å². The smallest absolute Gasteiger partial charge is 0.350 e. The molecule has 0 saturated carbocycles. The Balaban J connectivity index is 1.54. The predicted octanol–water partition coefficient (Wildman–Crippen LogP) is 3.59. The zero-order valence-corrected chi connectivity index (χ0v) is 20.1. The first-order valence-electron chi connectivity index (χ1n) is 11.0. The summed E-state index contributed by atoms with van der Waals surface area (Å²) in [5, 5.41) is 11.8. The first-order valence-corrected chi connectivity index (χ1v) is 12.5. The number of hydrogen-bond donors (Lipinski definition) is 1. The summed E-state index contributed by atoms with van der Waals surface area (Å²) in [5.74, 6) is -1.63. The van der Waals surface area contributed by atoms with Crippen LogP contribution in [0.3, 0.4) is 0 Å². The van der Waals surface area contributed by atoms with Crippen LogP contribution in [-0.4, -0.2) is 47.4 Å². The van der Waals surface area contributed by atoms with Gasteiger partial charge in [0.05, 0.1) is 16.2 Å². The van der Waals surface area contributed by atoms with Crippen LogP contribution in [0.15, 0.2) is 59.8 Å². The molecule has 4 rings (SSSR count). The summed E-state index contributed by atoms with van der Waals surface area (Å²) in [7, 11) is -4.32. The molecule has 0 bridgehead atoms. The summed E-state index contributed by atoms with van der Waals surface area (Å²) < 4.78 is 93.0. The van der Waals surface area contributed by atoms with Crippen molar-refractivity contribution in [1.29, 1.82) is 5.26 Å². The van der Waals surface area contributed by atoms with Crippen molar-refractivity contribution in [3.8, 4) is 17.3 Å². The van der Waals surface area contributed by atoms with Crippen LogP contribution in [0.1, 0.15) is 23.2 Å². The molecule has 8 nitrogen and oxygen atoms in total. The normalized spacial score (nSPS) is 18.2. The lowest BCUT2D eigenvalue weighted by molar-refractivity contribution is -0.141. The molecule has 1 saturated heterocycles. The summed E-state index contributed by atoms with van der Waals surface area (Å²) in [4.78, 5) is 20.0. The van der Waals surface area contributed by atoms with Crippen molar-refractivity contribution in [3.05, 3.63) is 77.5 Å². The standard InChI is InChI=1S/C24H18F5N5O3S/c25-17-2-4-18(5-3-17)38(36,37)34-8-7-19(26)22(34)23(35)33-12-15-9-20(31-13-16(15)10-30)14-1-6-21(32-11-14)24(27,28)29/h1-6,9,11,13,19,22H,7-8,12H2,(H,33,35)/t19?,22-/m0/s1. The maximum Gasteiger partial charge on any atom is 0.433 e. The maximum atomic E-state index is 14.7. The summed E-state index contributed by atoms with van der Waals surface area (Å²) in [6, 6.07) is 7.35. The van der Waals surface area contributed by atoms with Gasteiger partial charge in [-0.2, -0.15) is 22.7 Å². The fourth-order valence-electron chi connectivity index (χ4n) is 3.94. The number of carbonyl (C=O) groups excluding carboxylic acids is 1. The quantitative estimate of drug-likeness (QED) is 0.468. The number of nitriles is 1. The van der Waals surface area contributed by atoms with E-state index in [1.54, 1.807) is 0 Å². The Labute approximate surface area is 213 Å². The van der Waals surface area contributed by atoms with E-state index < -0.39 is 45.8 Å². The molecule has 2 atom stereocenters. The third-order valence-corrected chi connectivity index (χ3v) is 7.77. The van der Waals surface area contributed by atoms with Gasteiger partial charge in [0.15, 0.2) is 0 Å². The van der Waals surface area contributed by atoms with Gasteiger partial charge < -0.3 is 5.32 Å². The Morgan fingerprint density at radius 1 is 1.13 bits per heavy atom. The first kappa shape index (κ1) is 27.1. The first-order chi connectivity index (χ1) is 17.9. The van der Waals surface area contributed by atoms with Crippen molar-refractivity contribution < 1.29 is 35.2 Å². The van der Waals surface area contributed by atoms with E-state index in [1.807, 2.05) is 6.07 Å². The number of nitrogens with one attached hydrogen (secondary N) is 1. The highest BCUT2D eigenvalue weighted by Crippen LogP contribution is 2.30. The Kier molecular flexibility index (Phi) is 7.43. The number of pyridine rings is 2. The molecule has 1 unspecified atom stereocenters. The largest absolute Gasteiger partial charge is 0.433 e. The fraction of sp³-hybridized carbons (Fsp3) is 0.250. The molecule has 1 amide bonds. The van der Waals surface area contributed by atoms with Crippen LogP contribution in [0, 0.1) is 17.1 Å². The third-order valence-electron chi connectivity index (χ3n) is 5.88. The van der Waals surface area contributed by atoms with Gasteiger partial charge in [0.1, 0.15) is 29.8 Å². The maximum absolute atomic E-state index is 14.7. The lowest BCUT2D eigenvalue weighted by atomic mass is 10.1. The van der Waals surface area contributed by atoms with Crippen LogP contribution >= 0.6 is 0 Å². The van der Waals surface area contributed by atoms with Crippen molar-refractivity contribution >= 4 is 15.9 Å². The lowest BCUT2D eigenvalue weighted by Crippen LogP contribution is -2.49. The summed E-state index contributed by atoms with van der Waals surface area (Å²) in [5.41, 5.74) is -0.467. The van der Waals surface area contributed by atoms with Gasteiger partial charge in [0.2, 0.25) is 15.9 Å². The summed E-state index contributed by atoms with van der Waals surface area (Å²) in [6.45, 7) is -0.596. The lowest BCUT2D eigenvalue weighted by Gasteiger charge is -2.24. The van der Waals surface area contributed by atoms with Crippen LogP contribution < -0.4 is 5.32 Å². The van der Waals surface area contributed by atoms with Crippen molar-refractivity contribution in [2.45, 2.75) is 36.3 Å². The van der Waals surface area contributed by atoms with Crippen LogP contribution in [0.5, 0.6) is 0 Å². The Morgan fingerprint density at radius 3 is 2.45 bits per heavy atom. The van der Waals surface area contributed by atoms with Crippen LogP contribution in [0.25, 0.3) is 11.3 Å². The van der Waals surface area contributed by atoms with E-state index >= 15 is 0 Å². The summed E-state index contributed by atoms with van der Waals surface area (Å²) >= 11 is 0. The molecule has 14 heteroatoms. The van der Waals surface area contributed by atoms with E-state index in [-0.39, 0.29) is 46.8 Å². The van der Waals surface area contributed by atoms with Gasteiger partial charge in [0, 0.05) is 31.0 Å². The molecular weight excluding hydrogens is 533 g/mol. The molecule has 1 N–H and O–H groups in total. The van der Waals surface area contributed by atoms with E-state index in [1.165, 1.54) is 6.07 Å². The predicted molar refractivity (Wildman–Crippen MR) is 123 cm³/mol. The number of hydrogen-bond acceptors (Lipinski definition) is 6. The third kappa shape index (κ3) is 5.48. The number of benzene rings is 1. The number of carbonyl (C=O) groups is 1. The minimum absolute atomic E-state index is 0.0351. The minimum Gasteiger partial charge on any atom is -0.350 e. The number of sulfonamides is 1. The average Bonchev–Trinajstić information content (AvgIpc) is 3.29. The van der Waals surface area contributed by atoms with Crippen LogP contribution in [-0.2, 0) is 27.5 Å². The van der Waals surface area contributed by atoms with Crippen molar-refractivity contribution in [1.82, 2.24) is 19.6 Å². The molecular formula is C24H18F5N5O3S. The molecule has 3 heterocycles. The second-order valence-electron chi connectivity index (χ2n) is 8.31. The molecule has 0 aliphatic carbocycles. The van der Waals surface area contributed by atoms with Gasteiger partial charge in [-0.15, -0.1) is 0 Å². The topological polar surface area (TPSA) is 116 Å². The molecule has 1 aliphatic heterocycles. The molecule has 1 fully saturated rings. The summed E-state index contributed by atoms with van der Waals surface area (Å²) in [6.07, 6.45) is -4.55. The Hall–Kier alpha value is -3.96. The molecule has 0 radical (unpaired) electrons. The van der Waals surface area contributed by atoms with E-state index in [2.05, 4.69) is 15.3 Å². The average molecular weight is 551 g/mol. The number of nitrogens with zero attached hydrogens (tertiary/aromatic N) is 4. The fourth-order valence-corrected chi connectivity index (χ4v) is 5.56. The highest BCUT2D eigenvalue weighted by atomic mass is 32.2. The number of halogens is 5. The minimum atomic E-state index is -4.63. The number of aromatic nitrogens is 2. The molecule has 2 aromatic heterocycles. The van der Waals surface area contributed by atoms with E-state index in [9.17, 15) is 40.4 Å². The second-order valence-corrected chi connectivity index (χ2v) is 10.2. The van der Waals surface area contributed by atoms with Crippen LogP contribution in [0.4, 0.5) is 22.0 Å². The highest BCUT2D eigenvalue weighted by Gasteiger charge is 2.46. The van der Waals surface area contributed by atoms with E-state index in [0.717, 1.165) is 48.8 Å². The van der Waals surface area contributed by atoms with Gasteiger partial charge in [-0.25, -0.2) is 17.2 Å². The Bertz CT molecular complexity index is 1490. The van der Waals surface area contributed by atoms with Gasteiger partial charge >= 0.3 is 6.18 Å². The SMILES string of the molecule is N#Cc1cnc(-c2ccc(C(F)(F)F)nc2)cc1CNC(=O)[C@@H]1C(F)CCN1S(=O)(=O)c1ccc(F)cc1. The van der Waals surface area contributed by atoms with Crippen LogP contribution in [0.2, 0.25) is 0 Å².